The van der Waals surface area contributed by atoms with Crippen molar-refractivity contribution in [3.8, 4) is 0 Å². The van der Waals surface area contributed by atoms with E-state index >= 15 is 0 Å². The fourth-order valence-electron chi connectivity index (χ4n) is 6.40. The van der Waals surface area contributed by atoms with Gasteiger partial charge in [-0.05, 0) is 99.0 Å². The van der Waals surface area contributed by atoms with E-state index in [1.165, 1.54) is 12.1 Å². The molecule has 1 heterocycles. The van der Waals surface area contributed by atoms with Crippen molar-refractivity contribution in [2.24, 2.45) is 11.8 Å². The van der Waals surface area contributed by atoms with Crippen molar-refractivity contribution in [1.82, 2.24) is 10.0 Å². The maximum atomic E-state index is 13.7. The molecular formula is C29H33F7N2O4S. The summed E-state index contributed by atoms with van der Waals surface area (Å²) >= 11 is 0. The minimum absolute atomic E-state index is 0.0746. The summed E-state index contributed by atoms with van der Waals surface area (Å²) in [7, 11) is -3.82. The topological polar surface area (TPSA) is 84.5 Å². The monoisotopic (exact) mass is 638 g/mol. The van der Waals surface area contributed by atoms with Crippen LogP contribution in [0.15, 0.2) is 42.5 Å². The minimum atomic E-state index is -4.98. The number of halogens is 7. The van der Waals surface area contributed by atoms with E-state index in [4.69, 9.17) is 4.74 Å². The Morgan fingerprint density at radius 1 is 1.02 bits per heavy atom. The van der Waals surface area contributed by atoms with E-state index in [2.05, 4.69) is 5.32 Å². The van der Waals surface area contributed by atoms with Gasteiger partial charge in [-0.15, -0.1) is 0 Å². The quantitative estimate of drug-likeness (QED) is 0.339. The molecule has 2 N–H and O–H groups in total. The first-order valence-corrected chi connectivity index (χ1v) is 15.8. The van der Waals surface area contributed by atoms with E-state index in [0.29, 0.717) is 50.9 Å². The van der Waals surface area contributed by atoms with Crippen molar-refractivity contribution in [3.63, 3.8) is 0 Å². The third-order valence-corrected chi connectivity index (χ3v) is 8.84. The molecule has 2 aliphatic rings. The lowest BCUT2D eigenvalue weighted by atomic mass is 9.73. The largest absolute Gasteiger partial charge is 0.416 e. The molecule has 0 spiro atoms. The summed E-state index contributed by atoms with van der Waals surface area (Å²) in [5.41, 5.74) is -3.26. The van der Waals surface area contributed by atoms with Crippen LogP contribution in [0.25, 0.3) is 0 Å². The lowest BCUT2D eigenvalue weighted by molar-refractivity contribution is -0.143. The molecule has 2 aromatic carbocycles. The highest BCUT2D eigenvalue weighted by molar-refractivity contribution is 7.89. The SMILES string of the molecule is CS(=O)(=O)NC(=O)C1CCNCC1CC1(OCCc2cc(C(F)(F)F)cc(C(F)(F)F)c2)CCCC1c1ccc(F)cc1. The van der Waals surface area contributed by atoms with Gasteiger partial charge in [0.15, 0.2) is 0 Å². The second-order valence-corrected chi connectivity index (χ2v) is 13.1. The van der Waals surface area contributed by atoms with Gasteiger partial charge in [0.1, 0.15) is 5.82 Å². The molecule has 1 saturated heterocycles. The summed E-state index contributed by atoms with van der Waals surface area (Å²) < 4.78 is 126. The van der Waals surface area contributed by atoms with E-state index in [1.54, 1.807) is 12.1 Å². The number of hydrogen-bond donors (Lipinski definition) is 2. The van der Waals surface area contributed by atoms with Gasteiger partial charge >= 0.3 is 12.4 Å². The first-order chi connectivity index (χ1) is 20.0. The summed E-state index contributed by atoms with van der Waals surface area (Å²) in [5.74, 6) is -2.47. The molecule has 1 aliphatic heterocycles. The fraction of sp³-hybridized carbons (Fsp3) is 0.552. The maximum absolute atomic E-state index is 13.7. The molecule has 4 atom stereocenters. The third kappa shape index (κ3) is 8.48. The smallest absolute Gasteiger partial charge is 0.374 e. The standard InChI is InChI=1S/C29H33F7N2O4S/c1-43(40,41)38-26(39)24-8-11-37-17-20(24)16-27(10-2-3-25(27)19-4-6-23(30)7-5-19)42-12-9-18-13-21(28(31,32)33)15-22(14-18)29(34,35)36/h4-7,13-15,20,24-25,37H,2-3,8-12,16-17H2,1H3,(H,38,39). The molecule has 1 amide bonds. The lowest BCUT2D eigenvalue weighted by Crippen LogP contribution is -2.49. The number of carbonyl (C=O) groups is 1. The van der Waals surface area contributed by atoms with Crippen LogP contribution in [0.1, 0.15) is 60.3 Å². The highest BCUT2D eigenvalue weighted by atomic mass is 32.2. The average Bonchev–Trinajstić information content (AvgIpc) is 3.30. The Bertz CT molecular complexity index is 1360. The van der Waals surface area contributed by atoms with Gasteiger partial charge in [-0.2, -0.15) is 26.3 Å². The van der Waals surface area contributed by atoms with Crippen LogP contribution in [0, 0.1) is 17.7 Å². The molecule has 1 aliphatic carbocycles. The van der Waals surface area contributed by atoms with Crippen LogP contribution in [0.3, 0.4) is 0 Å². The van der Waals surface area contributed by atoms with Gasteiger partial charge in [0.25, 0.3) is 0 Å². The molecular weight excluding hydrogens is 605 g/mol. The molecule has 2 aromatic rings. The molecule has 0 radical (unpaired) electrons. The third-order valence-electron chi connectivity index (χ3n) is 8.27. The van der Waals surface area contributed by atoms with E-state index in [1.807, 2.05) is 4.72 Å². The fourth-order valence-corrected chi connectivity index (χ4v) is 6.92. The van der Waals surface area contributed by atoms with Gasteiger partial charge in [-0.3, -0.25) is 9.52 Å². The Morgan fingerprint density at radius 3 is 2.23 bits per heavy atom. The Kier molecular flexibility index (Phi) is 9.82. The van der Waals surface area contributed by atoms with Crippen molar-refractivity contribution >= 4 is 15.9 Å². The zero-order chi connectivity index (χ0) is 31.6. The number of rotatable bonds is 9. The van der Waals surface area contributed by atoms with E-state index in [-0.39, 0.29) is 42.9 Å². The molecule has 4 unspecified atom stereocenters. The van der Waals surface area contributed by atoms with Crippen LogP contribution in [-0.2, 0) is 38.3 Å². The zero-order valence-corrected chi connectivity index (χ0v) is 24.1. The summed E-state index contributed by atoms with van der Waals surface area (Å²) in [6.07, 6.45) is -6.94. The van der Waals surface area contributed by atoms with Crippen LogP contribution in [-0.4, -0.2) is 45.9 Å². The van der Waals surface area contributed by atoms with Crippen LogP contribution < -0.4 is 10.0 Å². The molecule has 2 fully saturated rings. The minimum Gasteiger partial charge on any atom is -0.374 e. The highest BCUT2D eigenvalue weighted by Crippen LogP contribution is 2.50. The summed E-state index contributed by atoms with van der Waals surface area (Å²) in [5, 5.41) is 3.21. The second kappa shape index (κ2) is 12.7. The number of benzene rings is 2. The van der Waals surface area contributed by atoms with Crippen LogP contribution in [0.4, 0.5) is 30.7 Å². The molecule has 1 saturated carbocycles. The Morgan fingerprint density at radius 2 is 1.65 bits per heavy atom. The van der Waals surface area contributed by atoms with Gasteiger partial charge in [0.05, 0.1) is 29.6 Å². The molecule has 0 bridgehead atoms. The first-order valence-electron chi connectivity index (χ1n) is 13.9. The van der Waals surface area contributed by atoms with Crippen molar-refractivity contribution in [3.05, 3.63) is 70.5 Å². The number of piperidine rings is 1. The van der Waals surface area contributed by atoms with Crippen molar-refractivity contribution in [2.75, 3.05) is 26.0 Å². The first kappa shape index (κ1) is 33.2. The second-order valence-electron chi connectivity index (χ2n) is 11.4. The highest BCUT2D eigenvalue weighted by Gasteiger charge is 2.48. The zero-order valence-electron chi connectivity index (χ0n) is 23.3. The number of carbonyl (C=O) groups excluding carboxylic acids is 1. The number of alkyl halides is 6. The van der Waals surface area contributed by atoms with Gasteiger partial charge in [-0.1, -0.05) is 12.1 Å². The number of sulfonamides is 1. The number of hydrogen-bond acceptors (Lipinski definition) is 5. The number of ether oxygens (including phenoxy) is 1. The van der Waals surface area contributed by atoms with Gasteiger partial charge < -0.3 is 10.1 Å². The van der Waals surface area contributed by atoms with E-state index in [9.17, 15) is 43.9 Å². The number of amides is 1. The molecule has 6 nitrogen and oxygen atoms in total. The van der Waals surface area contributed by atoms with Crippen molar-refractivity contribution < 1.29 is 48.7 Å². The summed E-state index contributed by atoms with van der Waals surface area (Å²) in [4.78, 5) is 12.9. The lowest BCUT2D eigenvalue weighted by Gasteiger charge is -2.42. The summed E-state index contributed by atoms with van der Waals surface area (Å²) in [6, 6.07) is 7.24. The van der Waals surface area contributed by atoms with E-state index in [0.717, 1.165) is 11.8 Å². The molecule has 4 rings (SSSR count). The predicted molar refractivity (Wildman–Crippen MR) is 144 cm³/mol. The Balaban J connectivity index is 1.63. The molecule has 43 heavy (non-hydrogen) atoms. The normalized spacial score (nSPS) is 25.1. The predicted octanol–water partition coefficient (Wildman–Crippen LogP) is 5.82. The van der Waals surface area contributed by atoms with Gasteiger partial charge in [-0.25, -0.2) is 12.8 Å². The van der Waals surface area contributed by atoms with Gasteiger partial charge in [0.2, 0.25) is 15.9 Å². The van der Waals surface area contributed by atoms with Crippen LogP contribution in [0.2, 0.25) is 0 Å². The van der Waals surface area contributed by atoms with Crippen LogP contribution >= 0.6 is 0 Å². The maximum Gasteiger partial charge on any atom is 0.416 e. The average molecular weight is 639 g/mol. The molecule has 14 heteroatoms. The van der Waals surface area contributed by atoms with E-state index < -0.39 is 56.7 Å². The van der Waals surface area contributed by atoms with Crippen molar-refractivity contribution in [1.29, 1.82) is 0 Å². The Hall–Kier alpha value is -2.71. The van der Waals surface area contributed by atoms with Crippen molar-refractivity contribution in [2.45, 2.75) is 62.4 Å². The molecule has 238 valence electrons. The molecule has 0 aromatic heterocycles. The Labute approximate surface area is 245 Å². The van der Waals surface area contributed by atoms with Gasteiger partial charge in [0, 0.05) is 11.8 Å². The number of nitrogens with one attached hydrogen (secondary N) is 2. The van der Waals surface area contributed by atoms with Crippen LogP contribution in [0.5, 0.6) is 0 Å². The summed E-state index contributed by atoms with van der Waals surface area (Å²) in [6.45, 7) is 0.632.